The van der Waals surface area contributed by atoms with Gasteiger partial charge in [0.25, 0.3) is 0 Å². The largest absolute Gasteiger partial charge is 0.506 e. The van der Waals surface area contributed by atoms with Crippen LogP contribution in [0.5, 0.6) is 0 Å². The van der Waals surface area contributed by atoms with Gasteiger partial charge in [-0.1, -0.05) is 12.1 Å². The van der Waals surface area contributed by atoms with Crippen LogP contribution in [-0.2, 0) is 19.3 Å². The van der Waals surface area contributed by atoms with E-state index < -0.39 is 8.80 Å². The fourth-order valence-corrected chi connectivity index (χ4v) is 5.47. The Bertz CT molecular complexity index is 409. The lowest BCUT2D eigenvalue weighted by atomic mass is 10.2. The lowest BCUT2D eigenvalue weighted by molar-refractivity contribution is 0.00236. The van der Waals surface area contributed by atoms with Crippen LogP contribution in [0, 0.1) is 5.82 Å². The molecular formula is C16H27FO3Si. The van der Waals surface area contributed by atoms with E-state index in [9.17, 15) is 4.39 Å². The van der Waals surface area contributed by atoms with E-state index in [4.69, 9.17) is 13.3 Å². The first-order chi connectivity index (χ1) is 9.72. The summed E-state index contributed by atoms with van der Waals surface area (Å²) in [4.78, 5) is 0. The molecule has 0 aliphatic rings. The fourth-order valence-electron chi connectivity index (χ4n) is 2.18. The summed E-state index contributed by atoms with van der Waals surface area (Å²) >= 11 is 0. The van der Waals surface area contributed by atoms with Crippen molar-refractivity contribution < 1.29 is 17.7 Å². The third-order valence-corrected chi connectivity index (χ3v) is 5.89. The van der Waals surface area contributed by atoms with E-state index in [2.05, 4.69) is 0 Å². The van der Waals surface area contributed by atoms with Gasteiger partial charge in [-0.3, -0.25) is 0 Å². The van der Waals surface area contributed by atoms with Crippen LogP contribution in [0.15, 0.2) is 24.3 Å². The molecule has 0 aliphatic carbocycles. The molecule has 0 heterocycles. The van der Waals surface area contributed by atoms with Crippen molar-refractivity contribution in [2.24, 2.45) is 0 Å². The zero-order chi connectivity index (χ0) is 16.0. The molecule has 0 saturated heterocycles. The molecule has 0 fully saturated rings. The van der Waals surface area contributed by atoms with E-state index in [-0.39, 0.29) is 24.1 Å². The first-order valence-corrected chi connectivity index (χ1v) is 9.43. The van der Waals surface area contributed by atoms with E-state index in [1.165, 1.54) is 12.1 Å². The fraction of sp³-hybridized carbons (Fsp3) is 0.625. The molecule has 0 aromatic heterocycles. The molecule has 0 unspecified atom stereocenters. The monoisotopic (exact) mass is 314 g/mol. The van der Waals surface area contributed by atoms with Crippen LogP contribution in [0.2, 0.25) is 0 Å². The van der Waals surface area contributed by atoms with Gasteiger partial charge in [-0.05, 0) is 59.2 Å². The summed E-state index contributed by atoms with van der Waals surface area (Å²) in [6, 6.07) is 6.99. The van der Waals surface area contributed by atoms with Gasteiger partial charge in [-0.2, -0.15) is 0 Å². The highest BCUT2D eigenvalue weighted by Gasteiger charge is 2.44. The van der Waals surface area contributed by atoms with Crippen LogP contribution in [0.3, 0.4) is 0 Å². The molecular weight excluding hydrogens is 287 g/mol. The van der Waals surface area contributed by atoms with Gasteiger partial charge in [0, 0.05) is 24.4 Å². The summed E-state index contributed by atoms with van der Waals surface area (Å²) in [5.41, 5.74) is 0.837. The van der Waals surface area contributed by atoms with Crippen molar-refractivity contribution in [3.8, 4) is 0 Å². The molecule has 21 heavy (non-hydrogen) atoms. The van der Waals surface area contributed by atoms with Gasteiger partial charge < -0.3 is 13.3 Å². The Kier molecular flexibility index (Phi) is 7.00. The van der Waals surface area contributed by atoms with Gasteiger partial charge in [0.1, 0.15) is 5.82 Å². The van der Waals surface area contributed by atoms with Gasteiger partial charge in [0.15, 0.2) is 0 Å². The minimum Gasteiger partial charge on any atom is -0.371 e. The second-order valence-corrected chi connectivity index (χ2v) is 8.42. The van der Waals surface area contributed by atoms with Crippen molar-refractivity contribution in [1.29, 1.82) is 0 Å². The number of rotatable bonds is 8. The minimum absolute atomic E-state index is 0.0114. The Morgan fingerprint density at radius 1 is 0.905 bits per heavy atom. The normalized spacial score (nSPS) is 12.7. The van der Waals surface area contributed by atoms with E-state index in [1.807, 2.05) is 47.6 Å². The zero-order valence-electron chi connectivity index (χ0n) is 13.9. The summed E-state index contributed by atoms with van der Waals surface area (Å²) < 4.78 is 31.6. The molecule has 0 saturated carbocycles. The third kappa shape index (κ3) is 6.69. The highest BCUT2D eigenvalue weighted by atomic mass is 28.4. The molecule has 0 atom stereocenters. The van der Waals surface area contributed by atoms with Crippen molar-refractivity contribution in [2.75, 3.05) is 0 Å². The van der Waals surface area contributed by atoms with Gasteiger partial charge >= 0.3 is 8.80 Å². The van der Waals surface area contributed by atoms with Crippen molar-refractivity contribution in [1.82, 2.24) is 0 Å². The lowest BCUT2D eigenvalue weighted by Gasteiger charge is -2.34. The topological polar surface area (TPSA) is 27.7 Å². The van der Waals surface area contributed by atoms with Crippen molar-refractivity contribution >= 4 is 8.80 Å². The molecule has 3 nitrogen and oxygen atoms in total. The van der Waals surface area contributed by atoms with Crippen molar-refractivity contribution in [2.45, 2.75) is 65.9 Å². The van der Waals surface area contributed by atoms with Crippen LogP contribution in [0.25, 0.3) is 0 Å². The zero-order valence-corrected chi connectivity index (χ0v) is 14.9. The SMILES string of the molecule is CC(C)O[Si](Cc1cccc(F)c1)(OC(C)C)OC(C)C. The predicted molar refractivity (Wildman–Crippen MR) is 84.5 cm³/mol. The predicted octanol–water partition coefficient (Wildman–Crippen LogP) is 4.12. The molecule has 0 N–H and O–H groups in total. The Morgan fingerprint density at radius 3 is 1.76 bits per heavy atom. The van der Waals surface area contributed by atoms with Crippen LogP contribution in [0.1, 0.15) is 47.1 Å². The number of benzene rings is 1. The maximum absolute atomic E-state index is 13.4. The molecule has 5 heteroatoms. The number of hydrogen-bond acceptors (Lipinski definition) is 3. The molecule has 1 aromatic carbocycles. The van der Waals surface area contributed by atoms with Gasteiger partial charge in [-0.15, -0.1) is 0 Å². The average molecular weight is 314 g/mol. The van der Waals surface area contributed by atoms with Crippen molar-refractivity contribution in [3.05, 3.63) is 35.6 Å². The van der Waals surface area contributed by atoms with Crippen LogP contribution in [0.4, 0.5) is 4.39 Å². The van der Waals surface area contributed by atoms with E-state index in [0.717, 1.165) is 5.56 Å². The Balaban J connectivity index is 3.06. The molecule has 1 rings (SSSR count). The maximum Gasteiger partial charge on any atom is 0.506 e. The summed E-state index contributed by atoms with van der Waals surface area (Å²) in [5, 5.41) is 0. The summed E-state index contributed by atoms with van der Waals surface area (Å²) in [6.07, 6.45) is -0.0341. The van der Waals surface area contributed by atoms with E-state index in [0.29, 0.717) is 6.04 Å². The van der Waals surface area contributed by atoms with Crippen LogP contribution in [-0.4, -0.2) is 27.1 Å². The first-order valence-electron chi connectivity index (χ1n) is 7.50. The quantitative estimate of drug-likeness (QED) is 0.676. The second-order valence-electron chi connectivity index (χ2n) is 5.99. The summed E-state index contributed by atoms with van der Waals surface area (Å²) in [5.74, 6) is -0.256. The van der Waals surface area contributed by atoms with Crippen LogP contribution < -0.4 is 0 Å². The smallest absolute Gasteiger partial charge is 0.371 e. The Labute approximate surface area is 128 Å². The van der Waals surface area contributed by atoms with Crippen molar-refractivity contribution in [3.63, 3.8) is 0 Å². The average Bonchev–Trinajstić information content (AvgIpc) is 2.24. The van der Waals surface area contributed by atoms with E-state index >= 15 is 0 Å². The Hall–Kier alpha value is -0.753. The van der Waals surface area contributed by atoms with Gasteiger partial charge in [0.05, 0.1) is 0 Å². The first kappa shape index (κ1) is 18.3. The molecule has 120 valence electrons. The van der Waals surface area contributed by atoms with Gasteiger partial charge in [-0.25, -0.2) is 4.39 Å². The Morgan fingerprint density at radius 2 is 1.38 bits per heavy atom. The summed E-state index contributed by atoms with van der Waals surface area (Å²) in [6.45, 7) is 11.8. The molecule has 0 radical (unpaired) electrons. The molecule has 1 aromatic rings. The number of halogens is 1. The molecule has 0 amide bonds. The molecule has 0 bridgehead atoms. The molecule has 0 aliphatic heterocycles. The van der Waals surface area contributed by atoms with Gasteiger partial charge in [0.2, 0.25) is 0 Å². The number of hydrogen-bond donors (Lipinski definition) is 0. The highest BCUT2D eigenvalue weighted by molar-refractivity contribution is 6.60. The maximum atomic E-state index is 13.4. The molecule has 0 spiro atoms. The minimum atomic E-state index is -2.92. The third-order valence-electron chi connectivity index (χ3n) is 2.56. The highest BCUT2D eigenvalue weighted by Crippen LogP contribution is 2.22. The lowest BCUT2D eigenvalue weighted by Crippen LogP contribution is -2.53. The standard InChI is InChI=1S/C16H27FO3Si/c1-12(2)18-21(19-13(3)4,20-14(5)6)11-15-8-7-9-16(17)10-15/h7-10,12-14H,11H2,1-6H3. The summed E-state index contributed by atoms with van der Waals surface area (Å²) in [7, 11) is -2.92. The second kappa shape index (κ2) is 8.03. The van der Waals surface area contributed by atoms with Crippen LogP contribution >= 0.6 is 0 Å². The van der Waals surface area contributed by atoms with E-state index in [1.54, 1.807) is 6.07 Å².